The van der Waals surface area contributed by atoms with E-state index in [0.717, 1.165) is 10.2 Å². The fourth-order valence-electron chi connectivity index (χ4n) is 1.79. The Balaban J connectivity index is 1.85. The Morgan fingerprint density at radius 3 is 2.43 bits per heavy atom. The second kappa shape index (κ2) is 8.19. The molecule has 0 N–H and O–H groups in total. The Hall–Kier alpha value is -1.02. The second-order valence-corrected chi connectivity index (χ2v) is 9.15. The normalized spacial score (nSPS) is 11.7. The number of benzene rings is 2. The van der Waals surface area contributed by atoms with Crippen molar-refractivity contribution in [3.63, 3.8) is 0 Å². The number of ether oxygens (including phenoxy) is 1. The average molecular weight is 416 g/mol. The second-order valence-electron chi connectivity index (χ2n) is 4.91. The lowest BCUT2D eigenvalue weighted by Gasteiger charge is -2.12. The van der Waals surface area contributed by atoms with E-state index in [0.29, 0.717) is 12.4 Å². The summed E-state index contributed by atoms with van der Waals surface area (Å²) in [7, 11) is -0.364. The molecule has 2 rings (SSSR count). The van der Waals surface area contributed by atoms with Gasteiger partial charge in [0.05, 0.1) is 11.5 Å². The van der Waals surface area contributed by atoms with Crippen molar-refractivity contribution >= 4 is 37.7 Å². The van der Waals surface area contributed by atoms with Crippen molar-refractivity contribution in [1.29, 1.82) is 0 Å². The van der Waals surface area contributed by atoms with Gasteiger partial charge in [-0.1, -0.05) is 22.0 Å². The number of rotatable bonds is 7. The molecule has 0 aromatic heterocycles. The van der Waals surface area contributed by atoms with Gasteiger partial charge in [-0.2, -0.15) is 0 Å². The quantitative estimate of drug-likeness (QED) is 0.508. The first-order chi connectivity index (χ1) is 10.9. The molecule has 124 valence electrons. The summed E-state index contributed by atoms with van der Waals surface area (Å²) in [5, 5.41) is 0. The van der Waals surface area contributed by atoms with Crippen LogP contribution in [0.1, 0.15) is 0 Å². The minimum Gasteiger partial charge on any atom is -0.493 e. The van der Waals surface area contributed by atoms with E-state index in [1.807, 2.05) is 12.1 Å². The van der Waals surface area contributed by atoms with Gasteiger partial charge in [0.2, 0.25) is 10.0 Å². The van der Waals surface area contributed by atoms with Gasteiger partial charge >= 0.3 is 0 Å². The standard InChI is InChI=1S/C16H18BrNO3S2/c1-18(2)23(19,20)16-8-6-14(7-9-16)21-10-11-22-15-5-3-4-13(17)12-15/h3-9,12H,10-11H2,1-2H3. The summed E-state index contributed by atoms with van der Waals surface area (Å²) in [5.41, 5.74) is 0. The first-order valence-corrected chi connectivity index (χ1v) is 10.2. The summed E-state index contributed by atoms with van der Waals surface area (Å²) in [6, 6.07) is 14.6. The molecule has 2 aromatic carbocycles. The van der Waals surface area contributed by atoms with Gasteiger partial charge in [-0.25, -0.2) is 12.7 Å². The number of halogens is 1. The van der Waals surface area contributed by atoms with E-state index in [-0.39, 0.29) is 4.90 Å². The van der Waals surface area contributed by atoms with Crippen molar-refractivity contribution in [1.82, 2.24) is 4.31 Å². The highest BCUT2D eigenvalue weighted by Gasteiger charge is 2.16. The average Bonchev–Trinajstić information content (AvgIpc) is 2.52. The molecule has 23 heavy (non-hydrogen) atoms. The van der Waals surface area contributed by atoms with Crippen LogP contribution in [0.2, 0.25) is 0 Å². The molecule has 7 heteroatoms. The molecule has 0 bridgehead atoms. The van der Waals surface area contributed by atoms with E-state index in [1.54, 1.807) is 36.0 Å². The van der Waals surface area contributed by atoms with Crippen LogP contribution < -0.4 is 4.74 Å². The van der Waals surface area contributed by atoms with E-state index >= 15 is 0 Å². The molecule has 0 saturated carbocycles. The van der Waals surface area contributed by atoms with Gasteiger partial charge in [0.15, 0.2) is 0 Å². The summed E-state index contributed by atoms with van der Waals surface area (Å²) >= 11 is 5.15. The molecule has 4 nitrogen and oxygen atoms in total. The highest BCUT2D eigenvalue weighted by Crippen LogP contribution is 2.22. The van der Waals surface area contributed by atoms with Crippen LogP contribution in [-0.4, -0.2) is 39.2 Å². The van der Waals surface area contributed by atoms with E-state index in [9.17, 15) is 8.42 Å². The Morgan fingerprint density at radius 1 is 1.13 bits per heavy atom. The van der Waals surface area contributed by atoms with E-state index in [4.69, 9.17) is 4.74 Å². The molecule has 0 radical (unpaired) electrons. The molecular weight excluding hydrogens is 398 g/mol. The Morgan fingerprint density at radius 2 is 1.83 bits per heavy atom. The third-order valence-electron chi connectivity index (χ3n) is 3.02. The number of hydrogen-bond donors (Lipinski definition) is 0. The van der Waals surface area contributed by atoms with E-state index < -0.39 is 10.0 Å². The Kier molecular flexibility index (Phi) is 6.52. The molecule has 0 saturated heterocycles. The number of sulfonamides is 1. The van der Waals surface area contributed by atoms with Crippen LogP contribution in [0.4, 0.5) is 0 Å². The van der Waals surface area contributed by atoms with Crippen LogP contribution in [0.15, 0.2) is 62.8 Å². The lowest BCUT2D eigenvalue weighted by Crippen LogP contribution is -2.22. The molecule has 0 unspecified atom stereocenters. The van der Waals surface area contributed by atoms with Gasteiger partial charge in [0, 0.05) is 29.2 Å². The van der Waals surface area contributed by atoms with E-state index in [1.165, 1.54) is 23.3 Å². The minimum atomic E-state index is -3.39. The van der Waals surface area contributed by atoms with Gasteiger partial charge in [0.25, 0.3) is 0 Å². The third-order valence-corrected chi connectivity index (χ3v) is 6.30. The molecular formula is C16H18BrNO3S2. The Labute approximate surface area is 150 Å². The van der Waals surface area contributed by atoms with Crippen LogP contribution in [0.25, 0.3) is 0 Å². The highest BCUT2D eigenvalue weighted by molar-refractivity contribution is 9.10. The predicted molar refractivity (Wildman–Crippen MR) is 97.7 cm³/mol. The van der Waals surface area contributed by atoms with Crippen LogP contribution in [0, 0.1) is 0 Å². The summed E-state index contributed by atoms with van der Waals surface area (Å²) in [4.78, 5) is 1.44. The van der Waals surface area contributed by atoms with Crippen molar-refractivity contribution in [2.45, 2.75) is 9.79 Å². The van der Waals surface area contributed by atoms with Crippen LogP contribution in [0.3, 0.4) is 0 Å². The van der Waals surface area contributed by atoms with Crippen LogP contribution in [0.5, 0.6) is 5.75 Å². The fourth-order valence-corrected chi connectivity index (χ4v) is 4.03. The van der Waals surface area contributed by atoms with E-state index in [2.05, 4.69) is 28.1 Å². The summed E-state index contributed by atoms with van der Waals surface area (Å²) < 4.78 is 31.8. The van der Waals surface area contributed by atoms with Crippen molar-refractivity contribution in [2.24, 2.45) is 0 Å². The highest BCUT2D eigenvalue weighted by atomic mass is 79.9. The largest absolute Gasteiger partial charge is 0.493 e. The fraction of sp³-hybridized carbons (Fsp3) is 0.250. The molecule has 0 atom stereocenters. The van der Waals surface area contributed by atoms with Crippen molar-refractivity contribution in [2.75, 3.05) is 26.5 Å². The van der Waals surface area contributed by atoms with Crippen molar-refractivity contribution in [3.8, 4) is 5.75 Å². The zero-order valence-corrected chi connectivity index (χ0v) is 16.1. The Bertz CT molecular complexity index is 746. The van der Waals surface area contributed by atoms with Crippen LogP contribution >= 0.6 is 27.7 Å². The molecule has 0 aliphatic carbocycles. The van der Waals surface area contributed by atoms with Gasteiger partial charge in [-0.3, -0.25) is 0 Å². The zero-order valence-electron chi connectivity index (χ0n) is 12.9. The summed E-state index contributed by atoms with van der Waals surface area (Å²) in [6.07, 6.45) is 0. The summed E-state index contributed by atoms with van der Waals surface area (Å²) in [6.45, 7) is 0.553. The maximum Gasteiger partial charge on any atom is 0.242 e. The molecule has 0 fully saturated rings. The minimum absolute atomic E-state index is 0.262. The topological polar surface area (TPSA) is 46.6 Å². The smallest absolute Gasteiger partial charge is 0.242 e. The first-order valence-electron chi connectivity index (χ1n) is 6.93. The van der Waals surface area contributed by atoms with Gasteiger partial charge in [0.1, 0.15) is 5.75 Å². The van der Waals surface area contributed by atoms with Gasteiger partial charge < -0.3 is 4.74 Å². The SMILES string of the molecule is CN(C)S(=O)(=O)c1ccc(OCCSc2cccc(Br)c2)cc1. The molecule has 0 aliphatic heterocycles. The maximum atomic E-state index is 12.0. The molecule has 0 heterocycles. The first kappa shape index (κ1) is 18.3. The zero-order chi connectivity index (χ0) is 16.9. The lowest BCUT2D eigenvalue weighted by molar-refractivity contribution is 0.343. The lowest BCUT2D eigenvalue weighted by atomic mass is 10.3. The predicted octanol–water partition coefficient (Wildman–Crippen LogP) is 3.87. The molecule has 0 aliphatic rings. The summed E-state index contributed by atoms with van der Waals surface area (Å²) in [5.74, 6) is 1.48. The van der Waals surface area contributed by atoms with Crippen LogP contribution in [-0.2, 0) is 10.0 Å². The van der Waals surface area contributed by atoms with Gasteiger partial charge in [-0.15, -0.1) is 11.8 Å². The number of thioether (sulfide) groups is 1. The maximum absolute atomic E-state index is 12.0. The third kappa shape index (κ3) is 5.24. The molecule has 0 spiro atoms. The van der Waals surface area contributed by atoms with Gasteiger partial charge in [-0.05, 0) is 42.5 Å². The molecule has 0 amide bonds. The van der Waals surface area contributed by atoms with Crippen molar-refractivity contribution < 1.29 is 13.2 Å². The number of nitrogens with zero attached hydrogens (tertiary/aromatic N) is 1. The molecule has 2 aromatic rings. The van der Waals surface area contributed by atoms with Crippen molar-refractivity contribution in [3.05, 3.63) is 53.0 Å². The number of hydrogen-bond acceptors (Lipinski definition) is 4. The monoisotopic (exact) mass is 415 g/mol.